The lowest BCUT2D eigenvalue weighted by Crippen LogP contribution is -2.42. The van der Waals surface area contributed by atoms with Crippen molar-refractivity contribution in [3.8, 4) is 0 Å². The number of aromatic nitrogens is 2. The van der Waals surface area contributed by atoms with Gasteiger partial charge in [0, 0.05) is 26.3 Å². The number of aliphatic hydroxyl groups is 1. The Kier molecular flexibility index (Phi) is 5.21. The van der Waals surface area contributed by atoms with Gasteiger partial charge in [0.25, 0.3) is 5.91 Å². The van der Waals surface area contributed by atoms with Gasteiger partial charge in [0.05, 0.1) is 11.1 Å². The van der Waals surface area contributed by atoms with Gasteiger partial charge >= 0.3 is 0 Å². The van der Waals surface area contributed by atoms with Gasteiger partial charge in [-0.25, -0.2) is 0 Å². The van der Waals surface area contributed by atoms with E-state index in [0.717, 1.165) is 18.4 Å². The summed E-state index contributed by atoms with van der Waals surface area (Å²) in [6.07, 6.45) is 3.51. The molecule has 6 heteroatoms. The first-order valence-electron chi connectivity index (χ1n) is 8.25. The number of nitrogens with zero attached hydrogens (tertiary/aromatic N) is 3. The standard InChI is InChI=1S/C18H22ClN3O2/c1-21-12-15(19)17(20-21)18(24)22-9-7-14(8-10-22)16(23)11-13-5-3-2-4-6-13/h2-6,12,14,16,23H,7-11H2,1H3. The van der Waals surface area contributed by atoms with Crippen LogP contribution < -0.4 is 0 Å². The third kappa shape index (κ3) is 3.79. The quantitative estimate of drug-likeness (QED) is 0.924. The van der Waals surface area contributed by atoms with E-state index in [1.54, 1.807) is 22.8 Å². The Morgan fingerprint density at radius 3 is 2.58 bits per heavy atom. The van der Waals surface area contributed by atoms with Crippen LogP contribution in [-0.2, 0) is 13.5 Å². The summed E-state index contributed by atoms with van der Waals surface area (Å²) < 4.78 is 1.55. The van der Waals surface area contributed by atoms with Crippen molar-refractivity contribution in [1.29, 1.82) is 0 Å². The number of piperidine rings is 1. The predicted molar refractivity (Wildman–Crippen MR) is 93.0 cm³/mol. The first-order chi connectivity index (χ1) is 11.5. The summed E-state index contributed by atoms with van der Waals surface area (Å²) >= 11 is 6.06. The first-order valence-corrected chi connectivity index (χ1v) is 8.63. The van der Waals surface area contributed by atoms with Crippen LogP contribution in [0.5, 0.6) is 0 Å². The molecule has 24 heavy (non-hydrogen) atoms. The Balaban J connectivity index is 1.55. The van der Waals surface area contributed by atoms with Crippen molar-refractivity contribution >= 4 is 17.5 Å². The van der Waals surface area contributed by atoms with Crippen LogP contribution in [0.4, 0.5) is 0 Å². The molecule has 2 heterocycles. The number of amides is 1. The van der Waals surface area contributed by atoms with E-state index in [1.165, 1.54) is 0 Å². The molecule has 3 rings (SSSR count). The minimum atomic E-state index is -0.372. The van der Waals surface area contributed by atoms with Crippen molar-refractivity contribution in [3.63, 3.8) is 0 Å². The number of likely N-dealkylation sites (tertiary alicyclic amines) is 1. The SMILES string of the molecule is Cn1cc(Cl)c(C(=O)N2CCC(C(O)Cc3ccccc3)CC2)n1. The summed E-state index contributed by atoms with van der Waals surface area (Å²) in [5, 5.41) is 15.0. The van der Waals surface area contributed by atoms with E-state index >= 15 is 0 Å². The second kappa shape index (κ2) is 7.36. The van der Waals surface area contributed by atoms with Gasteiger partial charge in [-0.2, -0.15) is 5.10 Å². The molecule has 1 aliphatic rings. The smallest absolute Gasteiger partial charge is 0.275 e. The second-order valence-corrected chi connectivity index (χ2v) is 6.79. The van der Waals surface area contributed by atoms with Crippen LogP contribution in [-0.4, -0.2) is 44.9 Å². The molecule has 1 saturated heterocycles. The largest absolute Gasteiger partial charge is 0.392 e. The number of benzene rings is 1. The van der Waals surface area contributed by atoms with Gasteiger partial charge in [0.1, 0.15) is 0 Å². The Labute approximate surface area is 146 Å². The van der Waals surface area contributed by atoms with Gasteiger partial charge in [0.15, 0.2) is 5.69 Å². The molecular formula is C18H22ClN3O2. The third-order valence-electron chi connectivity index (χ3n) is 4.65. The van der Waals surface area contributed by atoms with E-state index in [1.807, 2.05) is 30.3 Å². The van der Waals surface area contributed by atoms with Gasteiger partial charge in [-0.3, -0.25) is 9.48 Å². The summed E-state index contributed by atoms with van der Waals surface area (Å²) in [4.78, 5) is 14.3. The summed E-state index contributed by atoms with van der Waals surface area (Å²) in [5.74, 6) is 0.0880. The molecule has 1 aromatic carbocycles. The van der Waals surface area contributed by atoms with E-state index < -0.39 is 0 Å². The van der Waals surface area contributed by atoms with Crippen molar-refractivity contribution in [1.82, 2.24) is 14.7 Å². The zero-order valence-electron chi connectivity index (χ0n) is 13.7. The number of rotatable bonds is 4. The number of hydrogen-bond acceptors (Lipinski definition) is 3. The van der Waals surface area contributed by atoms with Crippen molar-refractivity contribution in [2.75, 3.05) is 13.1 Å². The molecule has 1 N–H and O–H groups in total. The van der Waals surface area contributed by atoms with Gasteiger partial charge in [-0.05, 0) is 30.7 Å². The molecule has 0 radical (unpaired) electrons. The fraction of sp³-hybridized carbons (Fsp3) is 0.444. The summed E-state index contributed by atoms with van der Waals surface area (Å²) in [6.45, 7) is 1.25. The molecule has 1 atom stereocenters. The van der Waals surface area contributed by atoms with E-state index in [9.17, 15) is 9.90 Å². The molecular weight excluding hydrogens is 326 g/mol. The van der Waals surface area contributed by atoms with Crippen LogP contribution in [0.25, 0.3) is 0 Å². The van der Waals surface area contributed by atoms with Gasteiger partial charge < -0.3 is 10.0 Å². The molecule has 0 saturated carbocycles. The molecule has 0 aliphatic carbocycles. The fourth-order valence-corrected chi connectivity index (χ4v) is 3.52. The van der Waals surface area contributed by atoms with Crippen LogP contribution >= 0.6 is 11.6 Å². The summed E-state index contributed by atoms with van der Waals surface area (Å²) in [6, 6.07) is 10.0. The first kappa shape index (κ1) is 17.0. The Morgan fingerprint density at radius 2 is 2.00 bits per heavy atom. The molecule has 1 aliphatic heterocycles. The molecule has 1 unspecified atom stereocenters. The molecule has 2 aromatic rings. The maximum Gasteiger partial charge on any atom is 0.275 e. The zero-order valence-corrected chi connectivity index (χ0v) is 14.5. The predicted octanol–water partition coefficient (Wildman–Crippen LogP) is 2.53. The lowest BCUT2D eigenvalue weighted by molar-refractivity contribution is 0.0463. The Morgan fingerprint density at radius 1 is 1.33 bits per heavy atom. The average Bonchev–Trinajstić information content (AvgIpc) is 2.93. The van der Waals surface area contributed by atoms with Gasteiger partial charge in [-0.1, -0.05) is 41.9 Å². The number of hydrogen-bond donors (Lipinski definition) is 1. The second-order valence-electron chi connectivity index (χ2n) is 6.39. The minimum absolute atomic E-state index is 0.128. The van der Waals surface area contributed by atoms with Crippen LogP contribution in [0.1, 0.15) is 28.9 Å². The Hall–Kier alpha value is -1.85. The van der Waals surface area contributed by atoms with Gasteiger partial charge in [-0.15, -0.1) is 0 Å². The van der Waals surface area contributed by atoms with E-state index in [-0.39, 0.29) is 17.9 Å². The molecule has 1 amide bonds. The highest BCUT2D eigenvalue weighted by molar-refractivity contribution is 6.33. The lowest BCUT2D eigenvalue weighted by atomic mass is 9.88. The molecule has 128 valence electrons. The molecule has 5 nitrogen and oxygen atoms in total. The highest BCUT2D eigenvalue weighted by Crippen LogP contribution is 2.25. The van der Waals surface area contributed by atoms with Crippen LogP contribution in [0.15, 0.2) is 36.5 Å². The lowest BCUT2D eigenvalue weighted by Gasteiger charge is -2.34. The average molecular weight is 348 g/mol. The van der Waals surface area contributed by atoms with Crippen molar-refractivity contribution < 1.29 is 9.90 Å². The summed E-state index contributed by atoms with van der Waals surface area (Å²) in [5.41, 5.74) is 1.45. The molecule has 1 fully saturated rings. The van der Waals surface area contributed by atoms with Crippen molar-refractivity contribution in [2.24, 2.45) is 13.0 Å². The topological polar surface area (TPSA) is 58.4 Å². The minimum Gasteiger partial charge on any atom is -0.392 e. The number of aliphatic hydroxyl groups excluding tert-OH is 1. The number of carbonyl (C=O) groups is 1. The maximum atomic E-state index is 12.5. The third-order valence-corrected chi connectivity index (χ3v) is 4.92. The van der Waals surface area contributed by atoms with Crippen LogP contribution in [0.3, 0.4) is 0 Å². The highest BCUT2D eigenvalue weighted by atomic mass is 35.5. The number of halogens is 1. The summed E-state index contributed by atoms with van der Waals surface area (Å²) in [7, 11) is 1.74. The molecule has 1 aromatic heterocycles. The fourth-order valence-electron chi connectivity index (χ4n) is 3.26. The monoisotopic (exact) mass is 347 g/mol. The van der Waals surface area contributed by atoms with E-state index in [0.29, 0.717) is 30.2 Å². The normalized spacial score (nSPS) is 17.0. The van der Waals surface area contributed by atoms with Crippen LogP contribution in [0, 0.1) is 5.92 Å². The number of carbonyl (C=O) groups excluding carboxylic acids is 1. The van der Waals surface area contributed by atoms with Gasteiger partial charge in [0.2, 0.25) is 0 Å². The maximum absolute atomic E-state index is 12.5. The molecule has 0 spiro atoms. The van der Waals surface area contributed by atoms with Crippen molar-refractivity contribution in [3.05, 3.63) is 52.8 Å². The Bertz CT molecular complexity index is 694. The zero-order chi connectivity index (χ0) is 17.1. The van der Waals surface area contributed by atoms with Crippen molar-refractivity contribution in [2.45, 2.75) is 25.4 Å². The molecule has 0 bridgehead atoms. The highest BCUT2D eigenvalue weighted by Gasteiger charge is 2.29. The van der Waals surface area contributed by atoms with E-state index in [2.05, 4.69) is 5.10 Å². The number of aryl methyl sites for hydroxylation is 1. The van der Waals surface area contributed by atoms with E-state index in [4.69, 9.17) is 11.6 Å². The van der Waals surface area contributed by atoms with Crippen LogP contribution in [0.2, 0.25) is 5.02 Å².